The fourth-order valence-electron chi connectivity index (χ4n) is 3.66. The maximum atomic E-state index is 12.8. The van der Waals surface area contributed by atoms with Gasteiger partial charge in [-0.3, -0.25) is 9.69 Å². The van der Waals surface area contributed by atoms with E-state index in [2.05, 4.69) is 28.4 Å². The maximum absolute atomic E-state index is 12.8. The highest BCUT2D eigenvalue weighted by atomic mass is 32.2. The van der Waals surface area contributed by atoms with Gasteiger partial charge in [0.1, 0.15) is 5.75 Å². The predicted molar refractivity (Wildman–Crippen MR) is 109 cm³/mol. The average molecular weight is 405 g/mol. The first kappa shape index (κ1) is 20.6. The van der Waals surface area contributed by atoms with Crippen LogP contribution < -0.4 is 10.1 Å². The smallest absolute Gasteiger partial charge is 0.255 e. The summed E-state index contributed by atoms with van der Waals surface area (Å²) in [5, 5.41) is 3.05. The molecule has 1 N–H and O–H groups in total. The summed E-state index contributed by atoms with van der Waals surface area (Å²) in [5.74, 6) is 0.0838. The Labute approximate surface area is 167 Å². The topological polar surface area (TPSA) is 75.7 Å². The number of amides is 1. The SMILES string of the molecule is COc1ccc(S(C)(=O)=O)cc1C(=O)NC1CCN(CC2=CCC=CC2)CC1. The molecule has 0 unspecified atom stereocenters. The molecule has 2 aliphatic rings. The Kier molecular flexibility index (Phi) is 6.57. The first-order valence-corrected chi connectivity index (χ1v) is 11.5. The van der Waals surface area contributed by atoms with Crippen molar-refractivity contribution in [3.63, 3.8) is 0 Å². The van der Waals surface area contributed by atoms with Crippen LogP contribution in [0, 0.1) is 0 Å². The molecule has 0 aromatic heterocycles. The van der Waals surface area contributed by atoms with Gasteiger partial charge in [0, 0.05) is 31.9 Å². The summed E-state index contributed by atoms with van der Waals surface area (Å²) in [6.07, 6.45) is 11.7. The maximum Gasteiger partial charge on any atom is 0.255 e. The summed E-state index contributed by atoms with van der Waals surface area (Å²) < 4.78 is 28.9. The van der Waals surface area contributed by atoms with Gasteiger partial charge in [0.25, 0.3) is 5.91 Å². The number of benzene rings is 1. The number of hydrogen-bond donors (Lipinski definition) is 1. The molecule has 1 heterocycles. The van der Waals surface area contributed by atoms with Gasteiger partial charge in [0.05, 0.1) is 17.6 Å². The largest absolute Gasteiger partial charge is 0.496 e. The standard InChI is InChI=1S/C21H28N2O4S/c1-27-20-9-8-18(28(2,25)26)14-19(20)21(24)22-17-10-12-23(13-11-17)15-16-6-4-3-5-7-16/h3-4,7-9,14,17H,5-6,10-13,15H2,1-2H3,(H,22,24). The van der Waals surface area contributed by atoms with Gasteiger partial charge in [-0.25, -0.2) is 8.42 Å². The fraction of sp³-hybridized carbons (Fsp3) is 0.476. The van der Waals surface area contributed by atoms with Crippen molar-refractivity contribution in [2.45, 2.75) is 36.6 Å². The van der Waals surface area contributed by atoms with Crippen molar-refractivity contribution in [1.29, 1.82) is 0 Å². The van der Waals surface area contributed by atoms with Crippen LogP contribution in [0.25, 0.3) is 0 Å². The molecule has 28 heavy (non-hydrogen) atoms. The molecule has 3 rings (SSSR count). The number of nitrogens with zero attached hydrogens (tertiary/aromatic N) is 1. The lowest BCUT2D eigenvalue weighted by Crippen LogP contribution is -2.45. The van der Waals surface area contributed by atoms with Crippen LogP contribution >= 0.6 is 0 Å². The van der Waals surface area contributed by atoms with Gasteiger partial charge in [0.15, 0.2) is 9.84 Å². The zero-order valence-corrected chi connectivity index (χ0v) is 17.3. The quantitative estimate of drug-likeness (QED) is 0.738. The van der Waals surface area contributed by atoms with Crippen molar-refractivity contribution in [2.24, 2.45) is 0 Å². The highest BCUT2D eigenvalue weighted by Gasteiger charge is 2.24. The minimum Gasteiger partial charge on any atom is -0.496 e. The van der Waals surface area contributed by atoms with Gasteiger partial charge < -0.3 is 10.1 Å². The van der Waals surface area contributed by atoms with Gasteiger partial charge in [-0.2, -0.15) is 0 Å². The third-order valence-electron chi connectivity index (χ3n) is 5.28. The van der Waals surface area contributed by atoms with Crippen molar-refractivity contribution in [1.82, 2.24) is 10.2 Å². The molecule has 1 aromatic rings. The van der Waals surface area contributed by atoms with Crippen LogP contribution in [0.5, 0.6) is 5.75 Å². The molecule has 7 heteroatoms. The molecule has 0 spiro atoms. The van der Waals surface area contributed by atoms with E-state index in [0.717, 1.165) is 51.6 Å². The van der Waals surface area contributed by atoms with Crippen LogP contribution in [0.4, 0.5) is 0 Å². The van der Waals surface area contributed by atoms with Crippen molar-refractivity contribution in [2.75, 3.05) is 33.0 Å². The zero-order valence-electron chi connectivity index (χ0n) is 16.5. The van der Waals surface area contributed by atoms with Crippen LogP contribution in [0.15, 0.2) is 46.9 Å². The molecule has 152 valence electrons. The number of carbonyl (C=O) groups excluding carboxylic acids is 1. The normalized spacial score (nSPS) is 18.6. The van der Waals surface area contributed by atoms with Crippen LogP contribution in [0.1, 0.15) is 36.0 Å². The van der Waals surface area contributed by atoms with Crippen LogP contribution in [-0.2, 0) is 9.84 Å². The summed E-state index contributed by atoms with van der Waals surface area (Å²) in [6.45, 7) is 2.87. The van der Waals surface area contributed by atoms with Gasteiger partial charge in [-0.05, 0) is 43.9 Å². The van der Waals surface area contributed by atoms with E-state index in [1.807, 2.05) is 0 Å². The van der Waals surface area contributed by atoms with Crippen LogP contribution in [0.3, 0.4) is 0 Å². The van der Waals surface area contributed by atoms with Crippen molar-refractivity contribution >= 4 is 15.7 Å². The van der Waals surface area contributed by atoms with E-state index in [-0.39, 0.29) is 22.4 Å². The lowest BCUT2D eigenvalue weighted by Gasteiger charge is -2.33. The predicted octanol–water partition coefficient (Wildman–Crippen LogP) is 2.57. The molecule has 1 amide bonds. The Morgan fingerprint density at radius 2 is 2.00 bits per heavy atom. The highest BCUT2D eigenvalue weighted by Crippen LogP contribution is 2.23. The van der Waals surface area contributed by atoms with E-state index in [1.165, 1.54) is 30.9 Å². The van der Waals surface area contributed by atoms with E-state index >= 15 is 0 Å². The molecule has 1 aromatic carbocycles. The number of piperidine rings is 1. The molecular weight excluding hydrogens is 376 g/mol. The summed E-state index contributed by atoms with van der Waals surface area (Å²) >= 11 is 0. The van der Waals surface area contributed by atoms with Crippen molar-refractivity contribution in [3.8, 4) is 5.75 Å². The number of likely N-dealkylation sites (tertiary alicyclic amines) is 1. The van der Waals surface area contributed by atoms with Crippen molar-refractivity contribution in [3.05, 3.63) is 47.6 Å². The van der Waals surface area contributed by atoms with E-state index in [0.29, 0.717) is 5.75 Å². The third kappa shape index (κ3) is 5.23. The molecule has 1 aliphatic heterocycles. The molecule has 0 bridgehead atoms. The summed E-state index contributed by atoms with van der Waals surface area (Å²) in [5.41, 5.74) is 1.72. The highest BCUT2D eigenvalue weighted by molar-refractivity contribution is 7.90. The Bertz CT molecular complexity index is 882. The molecule has 0 saturated carbocycles. The van der Waals surface area contributed by atoms with E-state index < -0.39 is 9.84 Å². The van der Waals surface area contributed by atoms with Gasteiger partial charge in [-0.15, -0.1) is 0 Å². The van der Waals surface area contributed by atoms with Gasteiger partial charge >= 0.3 is 0 Å². The van der Waals surface area contributed by atoms with E-state index in [9.17, 15) is 13.2 Å². The summed E-state index contributed by atoms with van der Waals surface area (Å²) in [7, 11) is -1.92. The second-order valence-corrected chi connectivity index (χ2v) is 9.45. The minimum atomic E-state index is -3.39. The number of nitrogens with one attached hydrogen (secondary N) is 1. The lowest BCUT2D eigenvalue weighted by molar-refractivity contribution is 0.0910. The average Bonchev–Trinajstić information content (AvgIpc) is 2.69. The first-order chi connectivity index (χ1) is 13.4. The summed E-state index contributed by atoms with van der Waals surface area (Å²) in [4.78, 5) is 15.3. The van der Waals surface area contributed by atoms with Gasteiger partial charge in [0.2, 0.25) is 0 Å². The molecule has 1 aliphatic carbocycles. The van der Waals surface area contributed by atoms with Crippen molar-refractivity contribution < 1.29 is 17.9 Å². The first-order valence-electron chi connectivity index (χ1n) is 9.61. The van der Waals surface area contributed by atoms with Gasteiger partial charge in [-0.1, -0.05) is 23.8 Å². The lowest BCUT2D eigenvalue weighted by atomic mass is 10.0. The number of allylic oxidation sites excluding steroid dienone is 3. The third-order valence-corrected chi connectivity index (χ3v) is 6.39. The molecule has 0 radical (unpaired) electrons. The monoisotopic (exact) mass is 404 g/mol. The number of ether oxygens (including phenoxy) is 1. The number of methoxy groups -OCH3 is 1. The zero-order chi connectivity index (χ0) is 20.1. The molecule has 1 saturated heterocycles. The number of rotatable bonds is 6. The number of sulfone groups is 1. The second kappa shape index (κ2) is 8.92. The summed E-state index contributed by atoms with van der Waals surface area (Å²) in [6, 6.07) is 4.45. The Balaban J connectivity index is 1.59. The molecular formula is C21H28N2O4S. The molecule has 1 fully saturated rings. The molecule has 0 atom stereocenters. The Morgan fingerprint density at radius 3 is 2.61 bits per heavy atom. The second-order valence-electron chi connectivity index (χ2n) is 7.43. The fourth-order valence-corrected chi connectivity index (χ4v) is 4.31. The molecule has 6 nitrogen and oxygen atoms in total. The van der Waals surface area contributed by atoms with Crippen LogP contribution in [0.2, 0.25) is 0 Å². The number of carbonyl (C=O) groups is 1. The Morgan fingerprint density at radius 1 is 1.25 bits per heavy atom. The number of hydrogen-bond acceptors (Lipinski definition) is 5. The van der Waals surface area contributed by atoms with Crippen LogP contribution in [-0.4, -0.2) is 58.3 Å². The minimum absolute atomic E-state index is 0.0792. The van der Waals surface area contributed by atoms with E-state index in [1.54, 1.807) is 0 Å². The van der Waals surface area contributed by atoms with E-state index in [4.69, 9.17) is 4.74 Å². The Hall–Kier alpha value is -2.12.